The van der Waals surface area contributed by atoms with Gasteiger partial charge >= 0.3 is 12.0 Å². The summed E-state index contributed by atoms with van der Waals surface area (Å²) >= 11 is 0. The highest BCUT2D eigenvalue weighted by molar-refractivity contribution is 5.79. The number of rotatable bonds is 3. The topological polar surface area (TPSA) is 82.5 Å². The van der Waals surface area contributed by atoms with E-state index < -0.39 is 11.9 Å². The van der Waals surface area contributed by atoms with E-state index in [-0.39, 0.29) is 18.1 Å². The Bertz CT molecular complexity index is 520. The highest BCUT2D eigenvalue weighted by Gasteiger charge is 2.51. The fourth-order valence-electron chi connectivity index (χ4n) is 3.34. The Labute approximate surface area is 116 Å². The maximum Gasteiger partial charge on any atom is 0.318 e. The van der Waals surface area contributed by atoms with E-state index in [4.69, 9.17) is 0 Å². The largest absolute Gasteiger partial charge is 0.481 e. The van der Waals surface area contributed by atoms with Crippen molar-refractivity contribution in [1.29, 1.82) is 0 Å². The molecule has 1 aromatic rings. The van der Waals surface area contributed by atoms with Gasteiger partial charge in [0, 0.05) is 31.0 Å². The number of hydrogen-bond donors (Lipinski definition) is 2. The molecule has 6 heteroatoms. The number of pyridine rings is 1. The molecule has 1 aromatic heterocycles. The molecule has 20 heavy (non-hydrogen) atoms. The first-order chi connectivity index (χ1) is 9.66. The van der Waals surface area contributed by atoms with Crippen molar-refractivity contribution in [3.63, 3.8) is 0 Å². The standard InChI is InChI=1S/C14H17N3O3/c18-13(19)11-7-10-1-2-12(11)17(10)14(20)16-8-9-3-5-15-6-4-9/h3-6,10-12H,1-2,7-8H2,(H,16,20)(H,18,19). The van der Waals surface area contributed by atoms with Crippen molar-refractivity contribution in [3.05, 3.63) is 30.1 Å². The van der Waals surface area contributed by atoms with Crippen LogP contribution in [0.15, 0.2) is 24.5 Å². The number of nitrogens with one attached hydrogen (secondary N) is 1. The zero-order valence-electron chi connectivity index (χ0n) is 11.0. The van der Waals surface area contributed by atoms with Crippen molar-refractivity contribution in [2.75, 3.05) is 0 Å². The Morgan fingerprint density at radius 1 is 1.35 bits per heavy atom. The van der Waals surface area contributed by atoms with Gasteiger partial charge in [-0.3, -0.25) is 9.78 Å². The number of carbonyl (C=O) groups is 2. The monoisotopic (exact) mass is 275 g/mol. The molecule has 0 aromatic carbocycles. The minimum Gasteiger partial charge on any atom is -0.481 e. The summed E-state index contributed by atoms with van der Waals surface area (Å²) in [5.41, 5.74) is 0.981. The van der Waals surface area contributed by atoms with Crippen LogP contribution in [0.5, 0.6) is 0 Å². The minimum absolute atomic E-state index is 0.0820. The summed E-state index contributed by atoms with van der Waals surface area (Å²) in [5.74, 6) is -1.19. The van der Waals surface area contributed by atoms with Crippen molar-refractivity contribution in [2.24, 2.45) is 5.92 Å². The summed E-state index contributed by atoms with van der Waals surface area (Å²) in [6, 6.07) is 3.48. The van der Waals surface area contributed by atoms with Crippen LogP contribution >= 0.6 is 0 Å². The van der Waals surface area contributed by atoms with E-state index in [1.807, 2.05) is 12.1 Å². The van der Waals surface area contributed by atoms with Gasteiger partial charge < -0.3 is 15.3 Å². The molecule has 2 N–H and O–H groups in total. The smallest absolute Gasteiger partial charge is 0.318 e. The Morgan fingerprint density at radius 2 is 2.10 bits per heavy atom. The summed E-state index contributed by atoms with van der Waals surface area (Å²) in [4.78, 5) is 29.1. The van der Waals surface area contributed by atoms with Gasteiger partial charge in [0.25, 0.3) is 0 Å². The Hall–Kier alpha value is -2.11. The summed E-state index contributed by atoms with van der Waals surface area (Å²) in [6.07, 6.45) is 5.66. The van der Waals surface area contributed by atoms with E-state index in [0.29, 0.717) is 13.0 Å². The lowest BCUT2D eigenvalue weighted by molar-refractivity contribution is -0.142. The molecule has 2 saturated heterocycles. The molecule has 106 valence electrons. The quantitative estimate of drug-likeness (QED) is 0.869. The van der Waals surface area contributed by atoms with Gasteiger partial charge in [0.15, 0.2) is 0 Å². The predicted molar refractivity (Wildman–Crippen MR) is 70.9 cm³/mol. The van der Waals surface area contributed by atoms with Gasteiger partial charge in [0.1, 0.15) is 0 Å². The first-order valence-electron chi connectivity index (χ1n) is 6.84. The van der Waals surface area contributed by atoms with E-state index >= 15 is 0 Å². The van der Waals surface area contributed by atoms with Crippen molar-refractivity contribution in [3.8, 4) is 0 Å². The first kappa shape index (κ1) is 12.9. The molecule has 3 rings (SSSR count). The van der Waals surface area contributed by atoms with Gasteiger partial charge in [-0.25, -0.2) is 4.79 Å². The van der Waals surface area contributed by atoms with Gasteiger partial charge in [0.2, 0.25) is 0 Å². The molecule has 0 radical (unpaired) electrons. The van der Waals surface area contributed by atoms with Crippen LogP contribution < -0.4 is 5.32 Å². The van der Waals surface area contributed by atoms with Crippen molar-refractivity contribution >= 4 is 12.0 Å². The average molecular weight is 275 g/mol. The lowest BCUT2D eigenvalue weighted by atomic mass is 9.89. The van der Waals surface area contributed by atoms with E-state index in [2.05, 4.69) is 10.3 Å². The van der Waals surface area contributed by atoms with Crippen LogP contribution in [0.1, 0.15) is 24.8 Å². The van der Waals surface area contributed by atoms with Crippen LogP contribution in [0, 0.1) is 5.92 Å². The number of carboxylic acids is 1. The molecule has 0 aliphatic carbocycles. The molecule has 0 saturated carbocycles. The van der Waals surface area contributed by atoms with E-state index in [9.17, 15) is 14.7 Å². The van der Waals surface area contributed by atoms with Crippen LogP contribution in [0.2, 0.25) is 0 Å². The SMILES string of the molecule is O=C(O)C1CC2CCC1N2C(=O)NCc1ccncc1. The first-order valence-corrected chi connectivity index (χ1v) is 6.84. The second kappa shape index (κ2) is 5.11. The van der Waals surface area contributed by atoms with Crippen molar-refractivity contribution in [2.45, 2.75) is 37.9 Å². The van der Waals surface area contributed by atoms with Gasteiger partial charge in [0.05, 0.1) is 5.92 Å². The normalized spacial score (nSPS) is 27.6. The summed E-state index contributed by atoms with van der Waals surface area (Å²) in [7, 11) is 0. The molecule has 3 atom stereocenters. The number of fused-ring (bicyclic) bond motifs is 2. The van der Waals surface area contributed by atoms with Gasteiger partial charge in [-0.1, -0.05) is 0 Å². The number of carbonyl (C=O) groups excluding carboxylic acids is 1. The number of aliphatic carboxylic acids is 1. The molecule has 2 aliphatic heterocycles. The zero-order valence-corrected chi connectivity index (χ0v) is 11.0. The number of aromatic nitrogens is 1. The number of nitrogens with zero attached hydrogens (tertiary/aromatic N) is 2. The number of amides is 2. The molecule has 0 spiro atoms. The lowest BCUT2D eigenvalue weighted by Crippen LogP contribution is -2.44. The molecule has 2 bridgehead atoms. The number of hydrogen-bond acceptors (Lipinski definition) is 3. The van der Waals surface area contributed by atoms with Gasteiger partial charge in [-0.2, -0.15) is 0 Å². The van der Waals surface area contributed by atoms with E-state index in [0.717, 1.165) is 18.4 Å². The maximum atomic E-state index is 12.3. The minimum atomic E-state index is -0.788. The molecular formula is C14H17N3O3. The summed E-state index contributed by atoms with van der Waals surface area (Å²) in [6.45, 7) is 0.440. The molecule has 2 fully saturated rings. The van der Waals surface area contributed by atoms with Crippen molar-refractivity contribution < 1.29 is 14.7 Å². The lowest BCUT2D eigenvalue weighted by Gasteiger charge is -2.23. The predicted octanol–water partition coefficient (Wildman–Crippen LogP) is 1.23. The molecule has 6 nitrogen and oxygen atoms in total. The maximum absolute atomic E-state index is 12.3. The van der Waals surface area contributed by atoms with E-state index in [1.54, 1.807) is 17.3 Å². The van der Waals surface area contributed by atoms with Gasteiger partial charge in [-0.15, -0.1) is 0 Å². The Balaban J connectivity index is 1.62. The van der Waals surface area contributed by atoms with Crippen molar-refractivity contribution in [1.82, 2.24) is 15.2 Å². The van der Waals surface area contributed by atoms with Crippen LogP contribution in [-0.2, 0) is 11.3 Å². The number of urea groups is 1. The molecule has 3 unspecified atom stereocenters. The van der Waals surface area contributed by atoms with Crippen LogP contribution in [0.25, 0.3) is 0 Å². The fourth-order valence-corrected chi connectivity index (χ4v) is 3.34. The summed E-state index contributed by atoms with van der Waals surface area (Å²) in [5, 5.41) is 12.0. The third-order valence-electron chi connectivity index (χ3n) is 4.28. The second-order valence-electron chi connectivity index (χ2n) is 5.40. The van der Waals surface area contributed by atoms with Crippen LogP contribution in [-0.4, -0.2) is 39.1 Å². The molecule has 2 amide bonds. The van der Waals surface area contributed by atoms with Crippen LogP contribution in [0.4, 0.5) is 4.79 Å². The molecule has 2 aliphatic rings. The molecular weight excluding hydrogens is 258 g/mol. The number of carboxylic acid groups (broad SMARTS) is 1. The fraction of sp³-hybridized carbons (Fsp3) is 0.500. The third kappa shape index (κ3) is 2.21. The molecule has 3 heterocycles. The Kier molecular flexibility index (Phi) is 3.30. The van der Waals surface area contributed by atoms with Gasteiger partial charge in [-0.05, 0) is 37.0 Å². The highest BCUT2D eigenvalue weighted by atomic mass is 16.4. The zero-order chi connectivity index (χ0) is 14.1. The van der Waals surface area contributed by atoms with E-state index in [1.165, 1.54) is 0 Å². The highest BCUT2D eigenvalue weighted by Crippen LogP contribution is 2.41. The second-order valence-corrected chi connectivity index (χ2v) is 5.40. The van der Waals surface area contributed by atoms with Crippen LogP contribution in [0.3, 0.4) is 0 Å². The Morgan fingerprint density at radius 3 is 2.75 bits per heavy atom. The third-order valence-corrected chi connectivity index (χ3v) is 4.28. The summed E-state index contributed by atoms with van der Waals surface area (Å²) < 4.78 is 0. The average Bonchev–Trinajstić information content (AvgIpc) is 3.03.